The van der Waals surface area contributed by atoms with E-state index in [-0.39, 0.29) is 17.4 Å². The van der Waals surface area contributed by atoms with Crippen LogP contribution in [0.25, 0.3) is 0 Å². The normalized spacial score (nSPS) is 27.0. The van der Waals surface area contributed by atoms with E-state index in [9.17, 15) is 4.79 Å². The lowest BCUT2D eigenvalue weighted by Crippen LogP contribution is -2.44. The average molecular weight is 281 g/mol. The largest absolute Gasteiger partial charge is 0.354 e. The molecule has 1 aliphatic carbocycles. The third-order valence-corrected chi connectivity index (χ3v) is 4.41. The van der Waals surface area contributed by atoms with Crippen LogP contribution in [0.3, 0.4) is 0 Å². The average Bonchev–Trinajstić information content (AvgIpc) is 2.39. The van der Waals surface area contributed by atoms with Crippen LogP contribution in [-0.4, -0.2) is 18.5 Å². The van der Waals surface area contributed by atoms with Crippen LogP contribution in [0.4, 0.5) is 0 Å². The van der Waals surface area contributed by atoms with Crippen LogP contribution in [0.5, 0.6) is 0 Å². The van der Waals surface area contributed by atoms with Crippen LogP contribution in [0.15, 0.2) is 24.3 Å². The number of amides is 1. The van der Waals surface area contributed by atoms with E-state index in [4.69, 9.17) is 17.3 Å². The van der Waals surface area contributed by atoms with E-state index in [0.717, 1.165) is 30.7 Å². The molecule has 1 fully saturated rings. The smallest absolute Gasteiger partial charge is 0.217 e. The molecular formula is C15H21ClN2O. The molecule has 0 unspecified atom stereocenters. The molecule has 0 aromatic heterocycles. The summed E-state index contributed by atoms with van der Waals surface area (Å²) >= 11 is 6.08. The Labute approximate surface area is 119 Å². The maximum Gasteiger partial charge on any atom is 0.217 e. The van der Waals surface area contributed by atoms with Gasteiger partial charge in [0.15, 0.2) is 0 Å². The minimum absolute atomic E-state index is 0.0138. The minimum atomic E-state index is 0.0138. The highest BCUT2D eigenvalue weighted by molar-refractivity contribution is 6.30. The fraction of sp³-hybridized carbons (Fsp3) is 0.533. The predicted molar refractivity (Wildman–Crippen MR) is 78.3 cm³/mol. The summed E-state index contributed by atoms with van der Waals surface area (Å²) in [5.41, 5.74) is 7.28. The van der Waals surface area contributed by atoms with Crippen molar-refractivity contribution in [1.82, 2.24) is 5.32 Å². The molecule has 1 aromatic carbocycles. The number of nitrogens with two attached hydrogens (primary N) is 1. The molecule has 0 aliphatic heterocycles. The van der Waals surface area contributed by atoms with Crippen molar-refractivity contribution in [2.45, 2.75) is 44.1 Å². The summed E-state index contributed by atoms with van der Waals surface area (Å²) in [6, 6.07) is 8.29. The molecule has 19 heavy (non-hydrogen) atoms. The van der Waals surface area contributed by atoms with Gasteiger partial charge in [-0.3, -0.25) is 4.79 Å². The van der Waals surface area contributed by atoms with Gasteiger partial charge in [0.05, 0.1) is 0 Å². The number of hydrogen-bond acceptors (Lipinski definition) is 2. The van der Waals surface area contributed by atoms with Crippen LogP contribution in [0.2, 0.25) is 5.02 Å². The van der Waals surface area contributed by atoms with Crippen LogP contribution in [0, 0.1) is 0 Å². The molecule has 0 radical (unpaired) electrons. The van der Waals surface area contributed by atoms with Gasteiger partial charge in [0.1, 0.15) is 0 Å². The fourth-order valence-corrected chi connectivity index (χ4v) is 3.22. The lowest BCUT2D eigenvalue weighted by molar-refractivity contribution is -0.119. The number of halogens is 1. The Balaban J connectivity index is 2.12. The van der Waals surface area contributed by atoms with Crippen LogP contribution in [0.1, 0.15) is 38.2 Å². The Hall–Kier alpha value is -1.06. The second-order valence-electron chi connectivity index (χ2n) is 5.47. The van der Waals surface area contributed by atoms with Crippen LogP contribution < -0.4 is 11.1 Å². The summed E-state index contributed by atoms with van der Waals surface area (Å²) in [5.74, 6) is 0.0491. The third kappa shape index (κ3) is 3.28. The van der Waals surface area contributed by atoms with Gasteiger partial charge in [-0.25, -0.2) is 0 Å². The van der Waals surface area contributed by atoms with Gasteiger partial charge in [-0.05, 0) is 43.4 Å². The molecule has 1 saturated carbocycles. The van der Waals surface area contributed by atoms with Crippen LogP contribution in [-0.2, 0) is 10.2 Å². The standard InChI is InChI=1S/C15H21ClN2O/c1-11(19)18-14-5-7-15(10-17,8-6-14)12-3-2-4-13(16)9-12/h2-4,9,14H,5-8,10,17H2,1H3,(H,18,19)/t14-,15-. The maximum absolute atomic E-state index is 11.1. The van der Waals surface area contributed by atoms with Gasteiger partial charge >= 0.3 is 0 Å². The quantitative estimate of drug-likeness (QED) is 0.894. The molecule has 0 bridgehead atoms. The van der Waals surface area contributed by atoms with E-state index in [0.29, 0.717) is 6.54 Å². The lowest BCUT2D eigenvalue weighted by Gasteiger charge is -2.40. The highest BCUT2D eigenvalue weighted by Gasteiger charge is 2.35. The molecule has 3 nitrogen and oxygen atoms in total. The molecule has 0 saturated heterocycles. The first-order chi connectivity index (χ1) is 9.05. The Bertz CT molecular complexity index is 453. The van der Waals surface area contributed by atoms with Crippen LogP contribution >= 0.6 is 11.6 Å². The molecule has 2 rings (SSSR count). The number of benzene rings is 1. The second kappa shape index (κ2) is 5.93. The lowest BCUT2D eigenvalue weighted by atomic mass is 9.68. The SMILES string of the molecule is CC(=O)N[C@H]1CC[C@](CN)(c2cccc(Cl)c2)CC1. The molecule has 104 valence electrons. The van der Waals surface area contributed by atoms with Gasteiger partial charge in [0, 0.05) is 29.9 Å². The van der Waals surface area contributed by atoms with Gasteiger partial charge in [-0.15, -0.1) is 0 Å². The van der Waals surface area contributed by atoms with Crippen molar-refractivity contribution in [3.8, 4) is 0 Å². The van der Waals surface area contributed by atoms with Crippen molar-refractivity contribution >= 4 is 17.5 Å². The van der Waals surface area contributed by atoms with Gasteiger partial charge in [-0.1, -0.05) is 23.7 Å². The number of carbonyl (C=O) groups is 1. The van der Waals surface area contributed by atoms with Crippen molar-refractivity contribution in [1.29, 1.82) is 0 Å². The van der Waals surface area contributed by atoms with Gasteiger partial charge < -0.3 is 11.1 Å². The fourth-order valence-electron chi connectivity index (χ4n) is 3.03. The zero-order valence-corrected chi connectivity index (χ0v) is 12.0. The third-order valence-electron chi connectivity index (χ3n) is 4.18. The first-order valence-electron chi connectivity index (χ1n) is 6.79. The maximum atomic E-state index is 11.1. The number of nitrogens with one attached hydrogen (secondary N) is 1. The molecule has 3 N–H and O–H groups in total. The first-order valence-corrected chi connectivity index (χ1v) is 7.17. The summed E-state index contributed by atoms with van der Waals surface area (Å²) in [6.45, 7) is 2.20. The van der Waals surface area contributed by atoms with Gasteiger partial charge in [0.25, 0.3) is 0 Å². The van der Waals surface area contributed by atoms with E-state index >= 15 is 0 Å². The number of carbonyl (C=O) groups excluding carboxylic acids is 1. The molecule has 1 amide bonds. The molecule has 1 aromatic rings. The van der Waals surface area contributed by atoms with Crippen molar-refractivity contribution in [2.75, 3.05) is 6.54 Å². The van der Waals surface area contributed by atoms with Gasteiger partial charge in [0.2, 0.25) is 5.91 Å². The predicted octanol–water partition coefficient (Wildman–Crippen LogP) is 2.62. The molecule has 0 heterocycles. The summed E-state index contributed by atoms with van der Waals surface area (Å²) in [4.78, 5) is 11.1. The minimum Gasteiger partial charge on any atom is -0.354 e. The topological polar surface area (TPSA) is 55.1 Å². The zero-order valence-electron chi connectivity index (χ0n) is 11.3. The number of rotatable bonds is 3. The summed E-state index contributed by atoms with van der Waals surface area (Å²) in [6.07, 6.45) is 3.94. The molecular weight excluding hydrogens is 260 g/mol. The van der Waals surface area contributed by atoms with E-state index in [1.807, 2.05) is 18.2 Å². The molecule has 0 atom stereocenters. The Kier molecular flexibility index (Phi) is 4.48. The van der Waals surface area contributed by atoms with E-state index in [1.165, 1.54) is 5.56 Å². The van der Waals surface area contributed by atoms with Crippen molar-refractivity contribution in [2.24, 2.45) is 5.73 Å². The van der Waals surface area contributed by atoms with Crippen molar-refractivity contribution in [3.63, 3.8) is 0 Å². The Morgan fingerprint density at radius 1 is 1.47 bits per heavy atom. The highest BCUT2D eigenvalue weighted by atomic mass is 35.5. The number of hydrogen-bond donors (Lipinski definition) is 2. The summed E-state index contributed by atoms with van der Waals surface area (Å²) in [7, 11) is 0. The van der Waals surface area contributed by atoms with E-state index < -0.39 is 0 Å². The second-order valence-corrected chi connectivity index (χ2v) is 5.91. The summed E-state index contributed by atoms with van der Waals surface area (Å²) in [5, 5.41) is 3.76. The van der Waals surface area contributed by atoms with E-state index in [1.54, 1.807) is 6.92 Å². The molecule has 1 aliphatic rings. The zero-order chi connectivity index (χ0) is 13.9. The Morgan fingerprint density at radius 2 is 2.16 bits per heavy atom. The summed E-state index contributed by atoms with van der Waals surface area (Å²) < 4.78 is 0. The van der Waals surface area contributed by atoms with E-state index in [2.05, 4.69) is 11.4 Å². The molecule has 4 heteroatoms. The highest BCUT2D eigenvalue weighted by Crippen LogP contribution is 2.39. The van der Waals surface area contributed by atoms with Crippen molar-refractivity contribution in [3.05, 3.63) is 34.9 Å². The Morgan fingerprint density at radius 3 is 2.68 bits per heavy atom. The van der Waals surface area contributed by atoms with Crippen molar-refractivity contribution < 1.29 is 4.79 Å². The monoisotopic (exact) mass is 280 g/mol. The molecule has 0 spiro atoms. The van der Waals surface area contributed by atoms with Gasteiger partial charge in [-0.2, -0.15) is 0 Å². The first kappa shape index (κ1) is 14.4.